The van der Waals surface area contributed by atoms with E-state index in [9.17, 15) is 14.5 Å². The Kier molecular flexibility index (Phi) is 3.41. The quantitative estimate of drug-likeness (QED) is 0.567. The molecule has 1 aliphatic rings. The molecular formula is C17H15FN4O2. The number of imidazole rings is 1. The number of hydrogen-bond donors (Lipinski definition) is 1. The van der Waals surface area contributed by atoms with E-state index in [1.165, 1.54) is 12.1 Å². The number of nitrogens with one attached hydrogen (secondary N) is 1. The molecule has 0 atom stereocenters. The second-order valence-corrected chi connectivity index (χ2v) is 5.89. The van der Waals surface area contributed by atoms with Crippen molar-refractivity contribution in [2.75, 3.05) is 5.32 Å². The SMILES string of the molecule is O=[N+]([O-])c1cc(F)ccc1NCc1nc2ccccc2n1C1CC1. The first-order chi connectivity index (χ1) is 11.6. The lowest BCUT2D eigenvalue weighted by Gasteiger charge is -2.10. The molecule has 1 saturated carbocycles. The van der Waals surface area contributed by atoms with Gasteiger partial charge in [0.05, 0.1) is 28.6 Å². The largest absolute Gasteiger partial charge is 0.372 e. The lowest BCUT2D eigenvalue weighted by atomic mass is 10.2. The predicted octanol–water partition coefficient (Wildman–Crippen LogP) is 4.03. The fourth-order valence-corrected chi connectivity index (χ4v) is 2.94. The molecular weight excluding hydrogens is 311 g/mol. The predicted molar refractivity (Wildman–Crippen MR) is 88.4 cm³/mol. The van der Waals surface area contributed by atoms with Crippen molar-refractivity contribution in [3.05, 3.63) is 64.2 Å². The van der Waals surface area contributed by atoms with Gasteiger partial charge < -0.3 is 9.88 Å². The second-order valence-electron chi connectivity index (χ2n) is 5.89. The number of nitro benzene ring substituents is 1. The monoisotopic (exact) mass is 326 g/mol. The Morgan fingerprint density at radius 3 is 2.83 bits per heavy atom. The van der Waals surface area contributed by atoms with Gasteiger partial charge in [0.1, 0.15) is 17.3 Å². The maximum absolute atomic E-state index is 13.2. The summed E-state index contributed by atoms with van der Waals surface area (Å²) in [5.74, 6) is 0.204. The van der Waals surface area contributed by atoms with Gasteiger partial charge in [0.25, 0.3) is 5.69 Å². The van der Waals surface area contributed by atoms with Gasteiger partial charge in [-0.3, -0.25) is 10.1 Å². The van der Waals surface area contributed by atoms with Crippen LogP contribution in [0.3, 0.4) is 0 Å². The molecule has 6 nitrogen and oxygen atoms in total. The molecule has 0 saturated heterocycles. The maximum atomic E-state index is 13.2. The first kappa shape index (κ1) is 14.6. The highest BCUT2D eigenvalue weighted by Gasteiger charge is 2.28. The fraction of sp³-hybridized carbons (Fsp3) is 0.235. The van der Waals surface area contributed by atoms with Crippen LogP contribution in [-0.4, -0.2) is 14.5 Å². The van der Waals surface area contributed by atoms with E-state index in [1.54, 1.807) is 0 Å². The highest BCUT2D eigenvalue weighted by atomic mass is 19.1. The normalized spacial score (nSPS) is 14.0. The number of fused-ring (bicyclic) bond motifs is 1. The van der Waals surface area contributed by atoms with E-state index in [4.69, 9.17) is 0 Å². The van der Waals surface area contributed by atoms with Gasteiger partial charge in [-0.1, -0.05) is 12.1 Å². The van der Waals surface area contributed by atoms with Gasteiger partial charge in [-0.15, -0.1) is 0 Å². The average Bonchev–Trinajstić information content (AvgIpc) is 3.34. The van der Waals surface area contributed by atoms with Crippen LogP contribution in [-0.2, 0) is 6.54 Å². The zero-order valence-electron chi connectivity index (χ0n) is 12.8. The van der Waals surface area contributed by atoms with Crippen LogP contribution in [0.1, 0.15) is 24.7 Å². The van der Waals surface area contributed by atoms with Crippen LogP contribution in [0.4, 0.5) is 15.8 Å². The molecule has 0 spiro atoms. The molecule has 4 rings (SSSR count). The molecule has 122 valence electrons. The third-order valence-electron chi connectivity index (χ3n) is 4.17. The molecule has 24 heavy (non-hydrogen) atoms. The Labute approximate surface area is 137 Å². The number of para-hydroxylation sites is 2. The van der Waals surface area contributed by atoms with Crippen LogP contribution in [0.25, 0.3) is 11.0 Å². The van der Waals surface area contributed by atoms with Crippen LogP contribution in [0.2, 0.25) is 0 Å². The Balaban J connectivity index is 1.66. The summed E-state index contributed by atoms with van der Waals surface area (Å²) in [4.78, 5) is 15.1. The van der Waals surface area contributed by atoms with Crippen molar-refractivity contribution >= 4 is 22.4 Å². The Morgan fingerprint density at radius 1 is 1.29 bits per heavy atom. The molecule has 0 radical (unpaired) electrons. The lowest BCUT2D eigenvalue weighted by molar-refractivity contribution is -0.384. The number of halogens is 1. The summed E-state index contributed by atoms with van der Waals surface area (Å²) in [6, 6.07) is 11.9. The van der Waals surface area contributed by atoms with Gasteiger partial charge in [-0.25, -0.2) is 9.37 Å². The summed E-state index contributed by atoms with van der Waals surface area (Å²) in [5.41, 5.74) is 2.00. The van der Waals surface area contributed by atoms with Crippen molar-refractivity contribution in [3.63, 3.8) is 0 Å². The van der Waals surface area contributed by atoms with Crippen LogP contribution < -0.4 is 5.32 Å². The molecule has 1 N–H and O–H groups in total. The van der Waals surface area contributed by atoms with E-state index in [0.717, 1.165) is 35.8 Å². The third kappa shape index (κ3) is 2.58. The molecule has 0 unspecified atom stereocenters. The number of nitrogens with zero attached hydrogens (tertiary/aromatic N) is 3. The van der Waals surface area contributed by atoms with E-state index in [0.29, 0.717) is 12.6 Å². The lowest BCUT2D eigenvalue weighted by Crippen LogP contribution is -2.09. The highest BCUT2D eigenvalue weighted by Crippen LogP contribution is 2.39. The van der Waals surface area contributed by atoms with E-state index in [2.05, 4.69) is 14.9 Å². The molecule has 2 aromatic carbocycles. The summed E-state index contributed by atoms with van der Waals surface area (Å²) in [5, 5.41) is 14.1. The number of aromatic nitrogens is 2. The highest BCUT2D eigenvalue weighted by molar-refractivity contribution is 5.76. The molecule has 1 heterocycles. The molecule has 0 amide bonds. The molecule has 1 fully saturated rings. The van der Waals surface area contributed by atoms with Gasteiger partial charge in [0, 0.05) is 6.04 Å². The standard InChI is InChI=1S/C17H15FN4O2/c18-11-5-8-13(16(9-11)22(23)24)19-10-17-20-14-3-1-2-4-15(14)21(17)12-6-7-12/h1-5,8-9,12,19H,6-7,10H2. The Hall–Kier alpha value is -2.96. The Bertz CT molecular complexity index is 933. The number of anilines is 1. The summed E-state index contributed by atoms with van der Waals surface area (Å²) in [6.07, 6.45) is 2.23. The smallest absolute Gasteiger partial charge is 0.295 e. The summed E-state index contributed by atoms with van der Waals surface area (Å²) in [7, 11) is 0. The number of nitro groups is 1. The van der Waals surface area contributed by atoms with Gasteiger partial charge in [-0.2, -0.15) is 0 Å². The van der Waals surface area contributed by atoms with E-state index in [1.807, 2.05) is 24.3 Å². The van der Waals surface area contributed by atoms with E-state index >= 15 is 0 Å². The zero-order valence-corrected chi connectivity index (χ0v) is 12.8. The molecule has 7 heteroatoms. The number of hydrogen-bond acceptors (Lipinski definition) is 4. The molecule has 1 aliphatic carbocycles. The minimum atomic E-state index is -0.627. The van der Waals surface area contributed by atoms with Crippen LogP contribution in [0.5, 0.6) is 0 Å². The van der Waals surface area contributed by atoms with Gasteiger partial charge in [-0.05, 0) is 37.1 Å². The van der Waals surface area contributed by atoms with Crippen LogP contribution in [0.15, 0.2) is 42.5 Å². The van der Waals surface area contributed by atoms with Crippen molar-refractivity contribution in [2.24, 2.45) is 0 Å². The molecule has 0 bridgehead atoms. The molecule has 1 aromatic heterocycles. The minimum absolute atomic E-state index is 0.274. The zero-order chi connectivity index (χ0) is 16.7. The van der Waals surface area contributed by atoms with Gasteiger partial charge in [0.2, 0.25) is 0 Å². The van der Waals surface area contributed by atoms with Crippen molar-refractivity contribution in [1.82, 2.24) is 9.55 Å². The Morgan fingerprint density at radius 2 is 2.08 bits per heavy atom. The average molecular weight is 326 g/mol. The second kappa shape index (κ2) is 5.59. The van der Waals surface area contributed by atoms with Gasteiger partial charge >= 0.3 is 0 Å². The topological polar surface area (TPSA) is 73.0 Å². The van der Waals surface area contributed by atoms with Gasteiger partial charge in [0.15, 0.2) is 0 Å². The van der Waals surface area contributed by atoms with Crippen molar-refractivity contribution in [1.29, 1.82) is 0 Å². The molecule has 0 aliphatic heterocycles. The van der Waals surface area contributed by atoms with Crippen molar-refractivity contribution in [2.45, 2.75) is 25.4 Å². The van der Waals surface area contributed by atoms with Crippen LogP contribution >= 0.6 is 0 Å². The number of rotatable bonds is 5. The van der Waals surface area contributed by atoms with Crippen molar-refractivity contribution < 1.29 is 9.31 Å². The fourth-order valence-electron chi connectivity index (χ4n) is 2.94. The van der Waals surface area contributed by atoms with E-state index < -0.39 is 10.7 Å². The first-order valence-electron chi connectivity index (χ1n) is 7.77. The summed E-state index contributed by atoms with van der Waals surface area (Å²) >= 11 is 0. The summed E-state index contributed by atoms with van der Waals surface area (Å²) in [6.45, 7) is 0.345. The first-order valence-corrected chi connectivity index (χ1v) is 7.77. The summed E-state index contributed by atoms with van der Waals surface area (Å²) < 4.78 is 15.4. The van der Waals surface area contributed by atoms with E-state index in [-0.39, 0.29) is 11.4 Å². The maximum Gasteiger partial charge on any atom is 0.295 e. The molecule has 3 aromatic rings. The third-order valence-corrected chi connectivity index (χ3v) is 4.17. The number of benzene rings is 2. The van der Waals surface area contributed by atoms with Crippen LogP contribution in [0, 0.1) is 15.9 Å². The van der Waals surface area contributed by atoms with Crippen molar-refractivity contribution in [3.8, 4) is 0 Å². The minimum Gasteiger partial charge on any atom is -0.372 e.